The van der Waals surface area contributed by atoms with Crippen molar-refractivity contribution in [2.75, 3.05) is 26.6 Å². The quantitative estimate of drug-likeness (QED) is 0.632. The molecule has 7 heteroatoms. The number of hydrogen-bond acceptors (Lipinski definition) is 6. The second-order valence-corrected chi connectivity index (χ2v) is 8.59. The highest BCUT2D eigenvalue weighted by Crippen LogP contribution is 2.40. The van der Waals surface area contributed by atoms with Crippen molar-refractivity contribution in [3.63, 3.8) is 0 Å². The van der Waals surface area contributed by atoms with Crippen LogP contribution < -0.4 is 14.8 Å². The summed E-state index contributed by atoms with van der Waals surface area (Å²) in [6.45, 7) is 2.14. The first-order chi connectivity index (χ1) is 14.7. The predicted molar refractivity (Wildman–Crippen MR) is 116 cm³/mol. The van der Waals surface area contributed by atoms with Gasteiger partial charge in [0.1, 0.15) is 5.01 Å². The Morgan fingerprint density at radius 3 is 2.83 bits per heavy atom. The lowest BCUT2D eigenvalue weighted by molar-refractivity contribution is -0.116. The number of carbonyl (C=O) groups excluding carboxylic acids is 1. The number of nitrogens with one attached hydrogen (secondary N) is 1. The number of ether oxygens (including phenoxy) is 3. The van der Waals surface area contributed by atoms with Crippen LogP contribution in [0.4, 0.5) is 0 Å². The van der Waals surface area contributed by atoms with Gasteiger partial charge in [0.05, 0.1) is 10.2 Å². The fourth-order valence-electron chi connectivity index (χ4n) is 3.98. The van der Waals surface area contributed by atoms with E-state index in [0.29, 0.717) is 19.8 Å². The number of para-hydroxylation sites is 1. The monoisotopic (exact) mass is 422 g/mol. The molecule has 1 saturated heterocycles. The second-order valence-electron chi connectivity index (χ2n) is 7.53. The third-order valence-corrected chi connectivity index (χ3v) is 6.73. The summed E-state index contributed by atoms with van der Waals surface area (Å²) in [5.74, 6) is 1.41. The largest absolute Gasteiger partial charge is 0.454 e. The van der Waals surface area contributed by atoms with Gasteiger partial charge in [-0.1, -0.05) is 18.2 Å². The Bertz CT molecular complexity index is 1070. The van der Waals surface area contributed by atoms with Crippen molar-refractivity contribution in [3.8, 4) is 11.5 Å². The molecule has 5 rings (SSSR count). The molecule has 2 aliphatic heterocycles. The lowest BCUT2D eigenvalue weighted by Crippen LogP contribution is -2.44. The van der Waals surface area contributed by atoms with E-state index < -0.39 is 0 Å². The minimum Gasteiger partial charge on any atom is -0.454 e. The van der Waals surface area contributed by atoms with Crippen molar-refractivity contribution in [3.05, 3.63) is 59.1 Å². The molecule has 3 aromatic rings. The van der Waals surface area contributed by atoms with E-state index in [2.05, 4.69) is 16.4 Å². The summed E-state index contributed by atoms with van der Waals surface area (Å²) in [6, 6.07) is 14.0. The minimum absolute atomic E-state index is 0.124. The number of thiazole rings is 1. The van der Waals surface area contributed by atoms with Crippen LogP contribution in [0.3, 0.4) is 0 Å². The zero-order chi connectivity index (χ0) is 20.4. The zero-order valence-corrected chi connectivity index (χ0v) is 17.2. The molecular weight excluding hydrogens is 400 g/mol. The summed E-state index contributed by atoms with van der Waals surface area (Å²) in [5.41, 5.74) is 1.91. The molecule has 1 fully saturated rings. The summed E-state index contributed by atoms with van der Waals surface area (Å²) < 4.78 is 17.7. The molecule has 6 nitrogen and oxygen atoms in total. The fraction of sp³-hybridized carbons (Fsp3) is 0.304. The molecule has 1 aromatic heterocycles. The Morgan fingerprint density at radius 2 is 1.97 bits per heavy atom. The molecule has 154 valence electrons. The van der Waals surface area contributed by atoms with Crippen LogP contribution in [0.15, 0.2) is 48.5 Å². The maximum atomic E-state index is 12.5. The summed E-state index contributed by atoms with van der Waals surface area (Å²) in [5, 5.41) is 3.91. The van der Waals surface area contributed by atoms with Gasteiger partial charge in [-0.2, -0.15) is 0 Å². The van der Waals surface area contributed by atoms with Crippen LogP contribution in [-0.4, -0.2) is 37.4 Å². The van der Waals surface area contributed by atoms with Gasteiger partial charge >= 0.3 is 0 Å². The maximum absolute atomic E-state index is 12.5. The Hall–Kier alpha value is -2.90. The molecule has 2 aromatic carbocycles. The molecular formula is C23H22N2O4S. The number of amides is 1. The van der Waals surface area contributed by atoms with Gasteiger partial charge in [0, 0.05) is 31.2 Å². The van der Waals surface area contributed by atoms with Gasteiger partial charge in [-0.05, 0) is 48.7 Å². The molecule has 0 atom stereocenters. The van der Waals surface area contributed by atoms with E-state index >= 15 is 0 Å². The molecule has 0 spiro atoms. The van der Waals surface area contributed by atoms with Crippen molar-refractivity contribution >= 4 is 33.5 Å². The highest BCUT2D eigenvalue weighted by molar-refractivity contribution is 7.19. The van der Waals surface area contributed by atoms with E-state index in [1.807, 2.05) is 36.4 Å². The molecule has 0 saturated carbocycles. The van der Waals surface area contributed by atoms with Crippen molar-refractivity contribution in [1.29, 1.82) is 0 Å². The molecule has 1 N–H and O–H groups in total. The Balaban J connectivity index is 1.30. The van der Waals surface area contributed by atoms with Crippen molar-refractivity contribution in [2.45, 2.75) is 18.3 Å². The number of benzene rings is 2. The van der Waals surface area contributed by atoms with Gasteiger partial charge in [0.2, 0.25) is 12.7 Å². The maximum Gasteiger partial charge on any atom is 0.244 e. The summed E-state index contributed by atoms with van der Waals surface area (Å²) in [7, 11) is 0. The van der Waals surface area contributed by atoms with Crippen LogP contribution in [-0.2, 0) is 14.9 Å². The Kier molecular flexibility index (Phi) is 5.14. The first-order valence-corrected chi connectivity index (χ1v) is 10.8. The van der Waals surface area contributed by atoms with Crippen molar-refractivity contribution < 1.29 is 19.0 Å². The lowest BCUT2D eigenvalue weighted by Gasteiger charge is -2.38. The van der Waals surface area contributed by atoms with Gasteiger partial charge in [0.15, 0.2) is 11.5 Å². The van der Waals surface area contributed by atoms with Crippen LogP contribution >= 0.6 is 11.3 Å². The fourth-order valence-corrected chi connectivity index (χ4v) is 4.85. The first-order valence-electron chi connectivity index (χ1n) is 10.0. The number of fused-ring (bicyclic) bond motifs is 2. The predicted octanol–water partition coefficient (Wildman–Crippen LogP) is 3.90. The number of nitrogens with zero attached hydrogens (tertiary/aromatic N) is 1. The lowest BCUT2D eigenvalue weighted by atomic mass is 9.74. The van der Waals surface area contributed by atoms with Gasteiger partial charge in [-0.15, -0.1) is 11.3 Å². The normalized spacial score (nSPS) is 17.5. The molecule has 0 radical (unpaired) electrons. The summed E-state index contributed by atoms with van der Waals surface area (Å²) >= 11 is 1.57. The third kappa shape index (κ3) is 3.78. The number of rotatable bonds is 5. The van der Waals surface area contributed by atoms with E-state index in [1.54, 1.807) is 23.5 Å². The molecule has 0 bridgehead atoms. The minimum atomic E-state index is -0.182. The first kappa shape index (κ1) is 19.1. The second kappa shape index (κ2) is 8.08. The van der Waals surface area contributed by atoms with E-state index in [9.17, 15) is 4.79 Å². The molecule has 30 heavy (non-hydrogen) atoms. The van der Waals surface area contributed by atoms with Gasteiger partial charge in [-0.25, -0.2) is 4.98 Å². The highest BCUT2D eigenvalue weighted by Gasteiger charge is 2.35. The molecule has 3 heterocycles. The van der Waals surface area contributed by atoms with E-state index in [1.165, 1.54) is 0 Å². The number of hydrogen-bond donors (Lipinski definition) is 1. The molecule has 0 unspecified atom stereocenters. The topological polar surface area (TPSA) is 69.7 Å². The van der Waals surface area contributed by atoms with E-state index in [4.69, 9.17) is 14.2 Å². The summed E-state index contributed by atoms with van der Waals surface area (Å²) in [4.78, 5) is 17.1. The van der Waals surface area contributed by atoms with Crippen LogP contribution in [0.25, 0.3) is 16.3 Å². The smallest absolute Gasteiger partial charge is 0.244 e. The Labute approximate surface area is 178 Å². The average Bonchev–Trinajstić information content (AvgIpc) is 3.42. The standard InChI is InChI=1S/C23H22N2O4S/c26-21(7-8-22-25-17-3-1-2-4-20(17)30-22)24-14-23(9-11-27-12-10-23)16-5-6-18-19(13-16)29-15-28-18/h1-8,13H,9-12,14-15H2,(H,24,26)/b8-7+. The van der Waals surface area contributed by atoms with Gasteiger partial charge < -0.3 is 19.5 Å². The van der Waals surface area contributed by atoms with E-state index in [0.717, 1.165) is 45.1 Å². The van der Waals surface area contributed by atoms with Crippen LogP contribution in [0, 0.1) is 0 Å². The molecule has 2 aliphatic rings. The summed E-state index contributed by atoms with van der Waals surface area (Å²) in [6.07, 6.45) is 5.02. The molecule has 0 aliphatic carbocycles. The number of aromatic nitrogens is 1. The third-order valence-electron chi connectivity index (χ3n) is 5.72. The van der Waals surface area contributed by atoms with E-state index in [-0.39, 0.29) is 18.1 Å². The van der Waals surface area contributed by atoms with Gasteiger partial charge in [-0.3, -0.25) is 4.79 Å². The van der Waals surface area contributed by atoms with Crippen LogP contribution in [0.5, 0.6) is 11.5 Å². The van der Waals surface area contributed by atoms with Crippen molar-refractivity contribution in [1.82, 2.24) is 10.3 Å². The van der Waals surface area contributed by atoms with Crippen molar-refractivity contribution in [2.24, 2.45) is 0 Å². The molecule has 1 amide bonds. The Morgan fingerprint density at radius 1 is 1.13 bits per heavy atom. The highest BCUT2D eigenvalue weighted by atomic mass is 32.1. The van der Waals surface area contributed by atoms with Crippen LogP contribution in [0.2, 0.25) is 0 Å². The van der Waals surface area contributed by atoms with Crippen LogP contribution in [0.1, 0.15) is 23.4 Å². The zero-order valence-electron chi connectivity index (χ0n) is 16.4. The number of carbonyl (C=O) groups is 1. The van der Waals surface area contributed by atoms with Gasteiger partial charge in [0.25, 0.3) is 0 Å². The SMILES string of the molecule is O=C(/C=C/c1nc2ccccc2s1)NCC1(c2ccc3c(c2)OCO3)CCOCC1. The average molecular weight is 423 g/mol.